The molecule has 0 radical (unpaired) electrons. The highest BCUT2D eigenvalue weighted by molar-refractivity contribution is 7.91. The summed E-state index contributed by atoms with van der Waals surface area (Å²) >= 11 is 0. The molecular weight excluding hydrogens is 348 g/mol. The molecule has 142 valence electrons. The predicted octanol–water partition coefficient (Wildman–Crippen LogP) is -0.222. The van der Waals surface area contributed by atoms with Crippen molar-refractivity contribution < 1.29 is 27.5 Å². The van der Waals surface area contributed by atoms with Gasteiger partial charge in [-0.15, -0.1) is 0 Å². The lowest BCUT2D eigenvalue weighted by Crippen LogP contribution is -2.48. The van der Waals surface area contributed by atoms with E-state index < -0.39 is 15.6 Å². The predicted molar refractivity (Wildman–Crippen MR) is 89.5 cm³/mol. The Morgan fingerprint density at radius 1 is 1.20 bits per heavy atom. The summed E-state index contributed by atoms with van der Waals surface area (Å²) in [6.07, 6.45) is 1.99. The van der Waals surface area contributed by atoms with Crippen molar-refractivity contribution in [2.24, 2.45) is 0 Å². The number of carbonyl (C=O) groups is 2. The first kappa shape index (κ1) is 18.6. The molecule has 0 aromatic rings. The Morgan fingerprint density at radius 3 is 2.36 bits per heavy atom. The van der Waals surface area contributed by atoms with E-state index in [-0.39, 0.29) is 42.3 Å². The molecule has 3 heterocycles. The van der Waals surface area contributed by atoms with Gasteiger partial charge in [-0.05, 0) is 6.42 Å². The highest BCUT2D eigenvalue weighted by Gasteiger charge is 2.41. The fourth-order valence-electron chi connectivity index (χ4n) is 3.88. The lowest BCUT2D eigenvalue weighted by molar-refractivity contribution is -0.187. The summed E-state index contributed by atoms with van der Waals surface area (Å²) in [6.45, 7) is 4.06. The molecule has 0 N–H and O–H groups in total. The smallest absolute Gasteiger partial charge is 0.224 e. The Hall–Kier alpha value is -1.19. The van der Waals surface area contributed by atoms with Crippen molar-refractivity contribution in [2.45, 2.75) is 44.4 Å². The van der Waals surface area contributed by atoms with Gasteiger partial charge in [0.15, 0.2) is 15.6 Å². The van der Waals surface area contributed by atoms with Crippen molar-refractivity contribution >= 4 is 21.7 Å². The molecule has 0 aromatic heterocycles. The zero-order valence-corrected chi connectivity index (χ0v) is 15.4. The van der Waals surface area contributed by atoms with Gasteiger partial charge in [0.25, 0.3) is 0 Å². The molecule has 3 saturated heterocycles. The zero-order chi connectivity index (χ0) is 18.1. The van der Waals surface area contributed by atoms with Crippen LogP contribution in [-0.4, -0.2) is 86.2 Å². The number of hydrogen-bond acceptors (Lipinski definition) is 6. The number of nitrogens with zero attached hydrogens (tertiary/aromatic N) is 2. The second-order valence-electron chi connectivity index (χ2n) is 7.01. The van der Waals surface area contributed by atoms with Crippen LogP contribution in [0, 0.1) is 0 Å². The van der Waals surface area contributed by atoms with Crippen molar-refractivity contribution in [1.82, 2.24) is 9.80 Å². The Balaban J connectivity index is 1.50. The molecule has 25 heavy (non-hydrogen) atoms. The summed E-state index contributed by atoms with van der Waals surface area (Å²) in [5, 5.41) is 0. The zero-order valence-electron chi connectivity index (χ0n) is 14.6. The minimum Gasteiger partial charge on any atom is -0.347 e. The van der Waals surface area contributed by atoms with E-state index in [2.05, 4.69) is 0 Å². The molecule has 1 unspecified atom stereocenters. The highest BCUT2D eigenvalue weighted by atomic mass is 32.2. The van der Waals surface area contributed by atoms with Crippen LogP contribution in [0.15, 0.2) is 0 Å². The Labute approximate surface area is 148 Å². The van der Waals surface area contributed by atoms with Crippen molar-refractivity contribution in [1.29, 1.82) is 0 Å². The fraction of sp³-hybridized carbons (Fsp3) is 0.875. The van der Waals surface area contributed by atoms with Gasteiger partial charge in [-0.1, -0.05) is 0 Å². The van der Waals surface area contributed by atoms with Crippen LogP contribution in [0.2, 0.25) is 0 Å². The van der Waals surface area contributed by atoms with E-state index in [1.165, 1.54) is 11.8 Å². The topological polar surface area (TPSA) is 93.2 Å². The minimum absolute atomic E-state index is 0.00167. The maximum absolute atomic E-state index is 12.5. The molecule has 1 spiro atoms. The van der Waals surface area contributed by atoms with Crippen LogP contribution in [0.1, 0.15) is 32.6 Å². The SMILES string of the molecule is CC(=O)N(CCC(=O)N1CCC2(CC1)OCCO2)C1CCS(=O)(=O)C1. The number of carbonyl (C=O) groups excluding carboxylic acids is 2. The second-order valence-corrected chi connectivity index (χ2v) is 9.24. The summed E-state index contributed by atoms with van der Waals surface area (Å²) in [7, 11) is -3.06. The van der Waals surface area contributed by atoms with Gasteiger partial charge < -0.3 is 19.3 Å². The number of ether oxygens (including phenoxy) is 2. The highest BCUT2D eigenvalue weighted by Crippen LogP contribution is 2.31. The molecule has 1 atom stereocenters. The summed E-state index contributed by atoms with van der Waals surface area (Å²) in [6, 6.07) is -0.305. The van der Waals surface area contributed by atoms with Crippen LogP contribution in [-0.2, 0) is 28.9 Å². The first-order valence-corrected chi connectivity index (χ1v) is 10.7. The van der Waals surface area contributed by atoms with Gasteiger partial charge in [0, 0.05) is 51.9 Å². The van der Waals surface area contributed by atoms with Crippen LogP contribution in [0.5, 0.6) is 0 Å². The van der Waals surface area contributed by atoms with E-state index in [9.17, 15) is 18.0 Å². The first-order valence-electron chi connectivity index (χ1n) is 8.84. The largest absolute Gasteiger partial charge is 0.347 e. The van der Waals surface area contributed by atoms with Gasteiger partial charge in [-0.3, -0.25) is 9.59 Å². The van der Waals surface area contributed by atoms with E-state index in [4.69, 9.17) is 9.47 Å². The Bertz CT molecular complexity index is 619. The third kappa shape index (κ3) is 4.32. The number of hydrogen-bond donors (Lipinski definition) is 0. The number of rotatable bonds is 4. The van der Waals surface area contributed by atoms with Gasteiger partial charge in [0.05, 0.1) is 24.7 Å². The summed E-state index contributed by atoms with van der Waals surface area (Å²) in [4.78, 5) is 27.6. The van der Waals surface area contributed by atoms with Crippen LogP contribution in [0.4, 0.5) is 0 Å². The summed E-state index contributed by atoms with van der Waals surface area (Å²) < 4.78 is 34.6. The summed E-state index contributed by atoms with van der Waals surface area (Å²) in [5.74, 6) is -0.591. The molecule has 0 saturated carbocycles. The molecule has 3 rings (SSSR count). The van der Waals surface area contributed by atoms with Gasteiger partial charge in [-0.25, -0.2) is 8.42 Å². The molecule has 0 bridgehead atoms. The number of amides is 2. The molecule has 8 nitrogen and oxygen atoms in total. The van der Waals surface area contributed by atoms with Crippen LogP contribution < -0.4 is 0 Å². The van der Waals surface area contributed by atoms with Crippen molar-refractivity contribution in [2.75, 3.05) is 44.4 Å². The average Bonchev–Trinajstić information content (AvgIpc) is 3.14. The van der Waals surface area contributed by atoms with Gasteiger partial charge in [0.1, 0.15) is 0 Å². The third-order valence-electron chi connectivity index (χ3n) is 5.31. The lowest BCUT2D eigenvalue weighted by atomic mass is 10.0. The number of likely N-dealkylation sites (tertiary alicyclic amines) is 1. The molecule has 0 aliphatic carbocycles. The van der Waals surface area contributed by atoms with Crippen molar-refractivity contribution in [3.63, 3.8) is 0 Å². The van der Waals surface area contributed by atoms with Crippen LogP contribution in [0.3, 0.4) is 0 Å². The monoisotopic (exact) mass is 374 g/mol. The molecule has 2 amide bonds. The van der Waals surface area contributed by atoms with Crippen molar-refractivity contribution in [3.8, 4) is 0 Å². The third-order valence-corrected chi connectivity index (χ3v) is 7.06. The number of sulfone groups is 1. The van der Waals surface area contributed by atoms with E-state index >= 15 is 0 Å². The molecule has 3 aliphatic heterocycles. The Morgan fingerprint density at radius 2 is 1.84 bits per heavy atom. The quantitative estimate of drug-likeness (QED) is 0.675. The van der Waals surface area contributed by atoms with Crippen molar-refractivity contribution in [3.05, 3.63) is 0 Å². The van der Waals surface area contributed by atoms with Gasteiger partial charge in [-0.2, -0.15) is 0 Å². The lowest BCUT2D eigenvalue weighted by Gasteiger charge is -2.38. The Kier molecular flexibility index (Phi) is 5.36. The van der Waals surface area contributed by atoms with Gasteiger partial charge >= 0.3 is 0 Å². The molecule has 3 aliphatic rings. The molecular formula is C16H26N2O6S. The maximum Gasteiger partial charge on any atom is 0.224 e. The minimum atomic E-state index is -3.06. The second kappa shape index (κ2) is 7.20. The molecule has 3 fully saturated rings. The van der Waals surface area contributed by atoms with E-state index in [1.54, 1.807) is 4.90 Å². The average molecular weight is 374 g/mol. The van der Waals surface area contributed by atoms with E-state index in [0.717, 1.165) is 0 Å². The maximum atomic E-state index is 12.5. The van der Waals surface area contributed by atoms with Crippen LogP contribution >= 0.6 is 0 Å². The first-order chi connectivity index (χ1) is 11.8. The van der Waals surface area contributed by atoms with Crippen LogP contribution in [0.25, 0.3) is 0 Å². The molecule has 0 aromatic carbocycles. The van der Waals surface area contributed by atoms with E-state index in [1.807, 2.05) is 0 Å². The fourth-order valence-corrected chi connectivity index (χ4v) is 5.61. The standard InChI is InChI=1S/C16H26N2O6S/c1-13(19)18(14-3-11-25(21,22)12-14)6-2-15(20)17-7-4-16(5-8-17)23-9-10-24-16/h14H,2-12H2,1H3. The van der Waals surface area contributed by atoms with Gasteiger partial charge in [0.2, 0.25) is 11.8 Å². The van der Waals surface area contributed by atoms with E-state index in [0.29, 0.717) is 45.6 Å². The normalized spacial score (nSPS) is 27.6. The number of piperidine rings is 1. The molecule has 9 heteroatoms. The summed E-state index contributed by atoms with van der Waals surface area (Å²) in [5.41, 5.74) is 0.